The topological polar surface area (TPSA) is 40.9 Å². The second-order valence-electron chi connectivity index (χ2n) is 2.50. The molecule has 0 bridgehead atoms. The van der Waals surface area contributed by atoms with Gasteiger partial charge < -0.3 is 9.94 Å². The monoisotopic (exact) mass is 147 g/mol. The van der Waals surface area contributed by atoms with Crippen molar-refractivity contribution in [3.8, 4) is 0 Å². The molecule has 2 heterocycles. The Labute approximate surface area is 63.9 Å². The lowest BCUT2D eigenvalue weighted by molar-refractivity contribution is 1.05. The van der Waals surface area contributed by atoms with Gasteiger partial charge in [0, 0.05) is 17.3 Å². The molecule has 0 atom stereocenters. The number of pyridine rings is 1. The highest BCUT2D eigenvalue weighted by molar-refractivity contribution is 5.77. The van der Waals surface area contributed by atoms with Crippen molar-refractivity contribution < 1.29 is 0 Å². The zero-order valence-electron chi connectivity index (χ0n) is 6.11. The molecule has 0 saturated carbocycles. The summed E-state index contributed by atoms with van der Waals surface area (Å²) in [5.74, 6) is 0. The zero-order chi connectivity index (χ0) is 7.84. The Morgan fingerprint density at radius 2 is 2.36 bits per heavy atom. The molecule has 0 aliphatic carbocycles. The van der Waals surface area contributed by atoms with Gasteiger partial charge in [0.1, 0.15) is 5.65 Å². The van der Waals surface area contributed by atoms with E-state index >= 15 is 0 Å². The molecule has 2 aromatic rings. The lowest BCUT2D eigenvalue weighted by Gasteiger charge is -2.08. The van der Waals surface area contributed by atoms with Crippen molar-refractivity contribution in [1.29, 1.82) is 0 Å². The van der Waals surface area contributed by atoms with Crippen LogP contribution in [0.2, 0.25) is 0 Å². The molecule has 3 nitrogen and oxygen atoms in total. The van der Waals surface area contributed by atoms with E-state index in [1.54, 1.807) is 13.1 Å². The number of hydrogen-bond acceptors (Lipinski definition) is 2. The van der Waals surface area contributed by atoms with Crippen LogP contribution >= 0.6 is 0 Å². The predicted molar refractivity (Wildman–Crippen MR) is 43.2 cm³/mol. The van der Waals surface area contributed by atoms with E-state index in [1.807, 2.05) is 18.2 Å². The second kappa shape index (κ2) is 1.99. The fourth-order valence-electron chi connectivity index (χ4n) is 1.14. The van der Waals surface area contributed by atoms with Gasteiger partial charge in [-0.3, -0.25) is 0 Å². The van der Waals surface area contributed by atoms with Crippen LogP contribution in [0, 0.1) is 12.1 Å². The van der Waals surface area contributed by atoms with E-state index in [4.69, 9.17) is 0 Å². The molecule has 56 valence electrons. The molecule has 0 saturated heterocycles. The standard InChI is InChI=1S/C8H7N2O/c1-6-5-7-3-2-4-9-8(7)10(6)11/h2-5H,1H3/q-1. The first-order chi connectivity index (χ1) is 5.29. The molecule has 0 aliphatic heterocycles. The van der Waals surface area contributed by atoms with Gasteiger partial charge in [-0.2, -0.15) is 0 Å². The van der Waals surface area contributed by atoms with Crippen LogP contribution in [-0.4, -0.2) is 9.71 Å². The summed E-state index contributed by atoms with van der Waals surface area (Å²) >= 11 is 0. The van der Waals surface area contributed by atoms with Crippen LogP contribution in [0.25, 0.3) is 11.0 Å². The van der Waals surface area contributed by atoms with E-state index in [2.05, 4.69) is 4.98 Å². The fourth-order valence-corrected chi connectivity index (χ4v) is 1.14. The van der Waals surface area contributed by atoms with E-state index < -0.39 is 0 Å². The van der Waals surface area contributed by atoms with Gasteiger partial charge in [-0.15, -0.1) is 0 Å². The first kappa shape index (κ1) is 6.22. The van der Waals surface area contributed by atoms with Gasteiger partial charge >= 0.3 is 0 Å². The molecule has 0 aliphatic rings. The van der Waals surface area contributed by atoms with Gasteiger partial charge in [-0.1, -0.05) is 0 Å². The molecule has 0 radical (unpaired) electrons. The molecule has 0 aromatic carbocycles. The fraction of sp³-hybridized carbons (Fsp3) is 0.125. The summed E-state index contributed by atoms with van der Waals surface area (Å²) < 4.78 is 0.843. The quantitative estimate of drug-likeness (QED) is 0.569. The average molecular weight is 147 g/mol. The van der Waals surface area contributed by atoms with E-state index in [9.17, 15) is 5.21 Å². The van der Waals surface area contributed by atoms with Crippen LogP contribution in [0.1, 0.15) is 5.69 Å². The molecule has 0 amide bonds. The van der Waals surface area contributed by atoms with Gasteiger partial charge in [0.15, 0.2) is 0 Å². The molecule has 2 aromatic heterocycles. The Bertz CT molecular complexity index is 392. The van der Waals surface area contributed by atoms with Crippen molar-refractivity contribution in [1.82, 2.24) is 9.71 Å². The Balaban J connectivity index is 2.92. The summed E-state index contributed by atoms with van der Waals surface area (Å²) in [6.07, 6.45) is 1.62. The van der Waals surface area contributed by atoms with Crippen molar-refractivity contribution in [2.45, 2.75) is 6.92 Å². The third kappa shape index (κ3) is 0.774. The largest absolute Gasteiger partial charge is 0.804 e. The van der Waals surface area contributed by atoms with Gasteiger partial charge in [-0.25, -0.2) is 4.98 Å². The maximum absolute atomic E-state index is 11.2. The summed E-state index contributed by atoms with van der Waals surface area (Å²) in [6, 6.07) is 5.53. The van der Waals surface area contributed by atoms with Crippen molar-refractivity contribution in [3.05, 3.63) is 35.3 Å². The Hall–Kier alpha value is -1.51. The van der Waals surface area contributed by atoms with Crippen molar-refractivity contribution >= 4 is 11.0 Å². The Kier molecular flexibility index (Phi) is 1.12. The van der Waals surface area contributed by atoms with Gasteiger partial charge in [0.2, 0.25) is 0 Å². The number of fused-ring (bicyclic) bond motifs is 1. The maximum atomic E-state index is 11.2. The highest BCUT2D eigenvalue weighted by atomic mass is 16.5. The molecule has 2 rings (SSSR count). The van der Waals surface area contributed by atoms with E-state index in [-0.39, 0.29) is 0 Å². The van der Waals surface area contributed by atoms with E-state index in [1.165, 1.54) is 0 Å². The molecule has 0 spiro atoms. The molecule has 0 N–H and O–H groups in total. The van der Waals surface area contributed by atoms with Crippen molar-refractivity contribution in [2.75, 3.05) is 0 Å². The van der Waals surface area contributed by atoms with Crippen LogP contribution in [0.5, 0.6) is 0 Å². The lowest BCUT2D eigenvalue weighted by atomic mass is 10.3. The van der Waals surface area contributed by atoms with Crippen molar-refractivity contribution in [2.24, 2.45) is 0 Å². The van der Waals surface area contributed by atoms with Crippen LogP contribution in [0.4, 0.5) is 0 Å². The summed E-state index contributed by atoms with van der Waals surface area (Å²) in [7, 11) is 0. The number of nitrogens with zero attached hydrogens (tertiary/aromatic N) is 2. The maximum Gasteiger partial charge on any atom is 0.135 e. The normalized spacial score (nSPS) is 10.6. The predicted octanol–water partition coefficient (Wildman–Crippen LogP) is 1.69. The molecule has 0 fully saturated rings. The number of rotatable bonds is 0. The van der Waals surface area contributed by atoms with Crippen LogP contribution in [0.3, 0.4) is 0 Å². The summed E-state index contributed by atoms with van der Waals surface area (Å²) in [5.41, 5.74) is 1.20. The minimum atomic E-state index is 0.505. The van der Waals surface area contributed by atoms with E-state index in [0.29, 0.717) is 11.3 Å². The Morgan fingerprint density at radius 3 is 3.09 bits per heavy atom. The SMILES string of the molecule is Cc1cc2cccnc2n1[O-]. The zero-order valence-corrected chi connectivity index (χ0v) is 6.11. The van der Waals surface area contributed by atoms with Crippen molar-refractivity contribution in [3.63, 3.8) is 0 Å². The minimum absolute atomic E-state index is 0.505. The second-order valence-corrected chi connectivity index (χ2v) is 2.50. The third-order valence-electron chi connectivity index (χ3n) is 1.69. The number of aromatic nitrogens is 2. The van der Waals surface area contributed by atoms with Crippen LogP contribution in [-0.2, 0) is 0 Å². The minimum Gasteiger partial charge on any atom is -0.804 e. The highest BCUT2D eigenvalue weighted by Crippen LogP contribution is 2.14. The van der Waals surface area contributed by atoms with Gasteiger partial charge in [0.05, 0.1) is 0 Å². The number of hydrogen-bond donors (Lipinski definition) is 0. The smallest absolute Gasteiger partial charge is 0.135 e. The molecule has 3 heteroatoms. The number of aryl methyl sites for hydroxylation is 1. The Morgan fingerprint density at radius 1 is 1.55 bits per heavy atom. The first-order valence-corrected chi connectivity index (χ1v) is 3.39. The van der Waals surface area contributed by atoms with Gasteiger partial charge in [0.25, 0.3) is 0 Å². The third-order valence-corrected chi connectivity index (χ3v) is 1.69. The average Bonchev–Trinajstić information content (AvgIpc) is 2.30. The summed E-state index contributed by atoms with van der Waals surface area (Å²) in [6.45, 7) is 1.77. The van der Waals surface area contributed by atoms with Crippen LogP contribution in [0.15, 0.2) is 24.4 Å². The molecular weight excluding hydrogens is 140 g/mol. The highest BCUT2D eigenvalue weighted by Gasteiger charge is 1.97. The summed E-state index contributed by atoms with van der Waals surface area (Å²) in [5, 5.41) is 12.1. The van der Waals surface area contributed by atoms with E-state index in [0.717, 1.165) is 10.1 Å². The molecule has 0 unspecified atom stereocenters. The molecular formula is C8H7N2O-. The first-order valence-electron chi connectivity index (χ1n) is 3.39. The summed E-state index contributed by atoms with van der Waals surface area (Å²) in [4.78, 5) is 3.95. The van der Waals surface area contributed by atoms with Gasteiger partial charge in [-0.05, 0) is 25.1 Å². The molecule has 11 heavy (non-hydrogen) atoms. The lowest BCUT2D eigenvalue weighted by Crippen LogP contribution is -1.88. The van der Waals surface area contributed by atoms with Crippen LogP contribution < -0.4 is 0 Å².